The van der Waals surface area contributed by atoms with Gasteiger partial charge in [-0.2, -0.15) is 0 Å². The summed E-state index contributed by atoms with van der Waals surface area (Å²) < 4.78 is 0. The van der Waals surface area contributed by atoms with Gasteiger partial charge >= 0.3 is 0 Å². The number of carbonyl (C=O) groups is 1. The van der Waals surface area contributed by atoms with Gasteiger partial charge in [0.05, 0.1) is 17.2 Å². The topological polar surface area (TPSA) is 68.4 Å². The smallest absolute Gasteiger partial charge is 0.270 e. The first-order chi connectivity index (χ1) is 8.00. The van der Waals surface area contributed by atoms with Gasteiger partial charge in [0.2, 0.25) is 0 Å². The van der Waals surface area contributed by atoms with E-state index in [1.165, 1.54) is 11.0 Å². The Morgan fingerprint density at radius 1 is 1.53 bits per heavy atom. The van der Waals surface area contributed by atoms with Gasteiger partial charge in [-0.05, 0) is 6.07 Å². The fraction of sp³-hybridized carbons (Fsp3) is 0.500. The van der Waals surface area contributed by atoms with Crippen LogP contribution in [0.15, 0.2) is 6.07 Å². The van der Waals surface area contributed by atoms with Crippen LogP contribution in [0.3, 0.4) is 0 Å². The van der Waals surface area contributed by atoms with Crippen LogP contribution in [-0.2, 0) is 0 Å². The second-order valence-corrected chi connectivity index (χ2v) is 4.84. The molecule has 1 aliphatic heterocycles. The molecule has 0 unspecified atom stereocenters. The number of hydrogen-bond donors (Lipinski definition) is 3. The molecule has 1 aliphatic rings. The van der Waals surface area contributed by atoms with Crippen LogP contribution >= 0.6 is 23.2 Å². The molecule has 0 aliphatic carbocycles. The molecule has 1 amide bonds. The number of carbonyl (C=O) groups excluding carboxylic acids is 1. The summed E-state index contributed by atoms with van der Waals surface area (Å²) in [6.07, 6.45) is -0.551. The van der Waals surface area contributed by atoms with Crippen LogP contribution in [0.25, 0.3) is 0 Å². The highest BCUT2D eigenvalue weighted by Crippen LogP contribution is 2.23. The van der Waals surface area contributed by atoms with Gasteiger partial charge in [0.15, 0.2) is 0 Å². The van der Waals surface area contributed by atoms with Crippen molar-refractivity contribution in [1.82, 2.24) is 15.2 Å². The number of rotatable bonds is 2. The Balaban J connectivity index is 2.14. The number of aliphatic hydroxyl groups is 1. The molecule has 1 fully saturated rings. The maximum Gasteiger partial charge on any atom is 0.270 e. The average molecular weight is 278 g/mol. The van der Waals surface area contributed by atoms with Crippen molar-refractivity contribution in [2.45, 2.75) is 12.1 Å². The van der Waals surface area contributed by atoms with Gasteiger partial charge in [0.1, 0.15) is 10.8 Å². The third kappa shape index (κ3) is 2.42. The molecule has 0 radical (unpaired) electrons. The van der Waals surface area contributed by atoms with Crippen LogP contribution in [0, 0.1) is 0 Å². The highest BCUT2D eigenvalue weighted by molar-refractivity contribution is 6.41. The molecule has 1 saturated heterocycles. The molecule has 0 bridgehead atoms. The van der Waals surface area contributed by atoms with Crippen molar-refractivity contribution in [3.05, 3.63) is 21.9 Å². The molecule has 0 aromatic carbocycles. The van der Waals surface area contributed by atoms with Crippen LogP contribution in [0.1, 0.15) is 10.5 Å². The normalized spacial score (nSPS) is 24.0. The molecule has 2 rings (SSSR count). The largest absolute Gasteiger partial charge is 0.390 e. The Morgan fingerprint density at radius 3 is 2.71 bits per heavy atom. The minimum Gasteiger partial charge on any atom is -0.390 e. The molecule has 1 aromatic rings. The number of nitrogens with zero attached hydrogens (tertiary/aromatic N) is 1. The molecule has 5 nitrogen and oxygen atoms in total. The molecule has 0 spiro atoms. The van der Waals surface area contributed by atoms with Crippen molar-refractivity contribution in [1.29, 1.82) is 0 Å². The SMILES string of the molecule is CN(C(=O)c1cc(Cl)c(Cl)[nH]1)[C@@H]1CNC[C@H]1O. The van der Waals surface area contributed by atoms with Gasteiger partial charge in [-0.15, -0.1) is 0 Å². The van der Waals surface area contributed by atoms with Gasteiger partial charge in [-0.1, -0.05) is 23.2 Å². The summed E-state index contributed by atoms with van der Waals surface area (Å²) in [6.45, 7) is 1.07. The molecule has 94 valence electrons. The molecular formula is C10H13Cl2N3O2. The van der Waals surface area contributed by atoms with E-state index in [4.69, 9.17) is 23.2 Å². The first-order valence-electron chi connectivity index (χ1n) is 5.20. The number of hydrogen-bond acceptors (Lipinski definition) is 3. The number of nitrogens with one attached hydrogen (secondary N) is 2. The summed E-state index contributed by atoms with van der Waals surface area (Å²) in [5.41, 5.74) is 0.321. The quantitative estimate of drug-likeness (QED) is 0.747. The summed E-state index contributed by atoms with van der Waals surface area (Å²) in [5.74, 6) is -0.244. The van der Waals surface area contributed by atoms with E-state index in [0.29, 0.717) is 23.8 Å². The molecule has 3 N–H and O–H groups in total. The summed E-state index contributed by atoms with van der Waals surface area (Å²) in [5, 5.41) is 13.3. The van der Waals surface area contributed by atoms with E-state index < -0.39 is 6.10 Å². The van der Waals surface area contributed by atoms with Crippen LogP contribution in [0.4, 0.5) is 0 Å². The van der Waals surface area contributed by atoms with Crippen molar-refractivity contribution in [3.8, 4) is 0 Å². The lowest BCUT2D eigenvalue weighted by Gasteiger charge is -2.25. The lowest BCUT2D eigenvalue weighted by atomic mass is 10.2. The first-order valence-corrected chi connectivity index (χ1v) is 5.96. The summed E-state index contributed by atoms with van der Waals surface area (Å²) in [6, 6.07) is 1.25. The van der Waals surface area contributed by atoms with Gasteiger partial charge in [0, 0.05) is 20.1 Å². The Kier molecular flexibility index (Phi) is 3.63. The van der Waals surface area contributed by atoms with E-state index in [9.17, 15) is 9.90 Å². The van der Waals surface area contributed by atoms with Gasteiger partial charge in [0.25, 0.3) is 5.91 Å². The Labute approximate surface area is 109 Å². The second kappa shape index (κ2) is 4.86. The third-order valence-corrected chi connectivity index (χ3v) is 3.62. The first kappa shape index (κ1) is 12.7. The van der Waals surface area contributed by atoms with Crippen LogP contribution in [-0.4, -0.2) is 53.2 Å². The Hall–Kier alpha value is -0.750. The van der Waals surface area contributed by atoms with E-state index in [2.05, 4.69) is 10.3 Å². The van der Waals surface area contributed by atoms with Gasteiger partial charge < -0.3 is 20.3 Å². The number of aromatic amines is 1. The molecule has 2 heterocycles. The number of halogens is 2. The fourth-order valence-electron chi connectivity index (χ4n) is 1.91. The van der Waals surface area contributed by atoms with Crippen molar-refractivity contribution in [3.63, 3.8) is 0 Å². The van der Waals surface area contributed by atoms with Crippen LogP contribution in [0.5, 0.6) is 0 Å². The van der Waals surface area contributed by atoms with Crippen LogP contribution in [0.2, 0.25) is 10.2 Å². The average Bonchev–Trinajstić information content (AvgIpc) is 2.84. The van der Waals surface area contributed by atoms with Crippen molar-refractivity contribution in [2.24, 2.45) is 0 Å². The van der Waals surface area contributed by atoms with Crippen molar-refractivity contribution in [2.75, 3.05) is 20.1 Å². The highest BCUT2D eigenvalue weighted by Gasteiger charge is 2.32. The van der Waals surface area contributed by atoms with Gasteiger partial charge in [-0.3, -0.25) is 4.79 Å². The zero-order valence-corrected chi connectivity index (χ0v) is 10.7. The van der Waals surface area contributed by atoms with E-state index in [1.54, 1.807) is 7.05 Å². The zero-order valence-electron chi connectivity index (χ0n) is 9.20. The number of aliphatic hydroxyl groups excluding tert-OH is 1. The van der Waals surface area contributed by atoms with E-state index in [1.807, 2.05) is 0 Å². The Morgan fingerprint density at radius 2 is 2.24 bits per heavy atom. The lowest BCUT2D eigenvalue weighted by Crippen LogP contribution is -2.44. The maximum absolute atomic E-state index is 12.1. The lowest BCUT2D eigenvalue weighted by molar-refractivity contribution is 0.0576. The number of amides is 1. The number of likely N-dealkylation sites (N-methyl/N-ethyl adjacent to an activating group) is 1. The predicted octanol–water partition coefficient (Wildman–Crippen LogP) is 0.726. The Bertz CT molecular complexity index is 416. The van der Waals surface area contributed by atoms with Crippen molar-refractivity contribution >= 4 is 29.1 Å². The standard InChI is InChI=1S/C10H13Cl2N3O2/c1-15(7-3-13-4-8(7)16)10(17)6-2-5(11)9(12)14-6/h2,7-8,13-14,16H,3-4H2,1H3/t7-,8-/m1/s1. The summed E-state index contributed by atoms with van der Waals surface area (Å²) >= 11 is 11.5. The van der Waals surface area contributed by atoms with Crippen molar-refractivity contribution < 1.29 is 9.90 Å². The predicted molar refractivity (Wildman–Crippen MR) is 65.6 cm³/mol. The van der Waals surface area contributed by atoms with E-state index in [0.717, 1.165) is 0 Å². The molecular weight excluding hydrogens is 265 g/mol. The molecule has 2 atom stereocenters. The third-order valence-electron chi connectivity index (χ3n) is 2.92. The zero-order chi connectivity index (χ0) is 12.6. The number of β-amino-alcohol motifs (C(OH)–C–C–N with tert-alkyl or cyclic N) is 1. The van der Waals surface area contributed by atoms with E-state index >= 15 is 0 Å². The summed E-state index contributed by atoms with van der Waals surface area (Å²) in [7, 11) is 1.64. The molecule has 17 heavy (non-hydrogen) atoms. The monoisotopic (exact) mass is 277 g/mol. The maximum atomic E-state index is 12.1. The molecule has 7 heteroatoms. The van der Waals surface area contributed by atoms with Gasteiger partial charge in [-0.25, -0.2) is 0 Å². The fourth-order valence-corrected chi connectivity index (χ4v) is 2.22. The minimum atomic E-state index is -0.551. The van der Waals surface area contributed by atoms with Crippen LogP contribution < -0.4 is 5.32 Å². The van der Waals surface area contributed by atoms with E-state index in [-0.39, 0.29) is 17.1 Å². The minimum absolute atomic E-state index is 0.233. The number of H-pyrrole nitrogens is 1. The summed E-state index contributed by atoms with van der Waals surface area (Å²) in [4.78, 5) is 16.3. The second-order valence-electron chi connectivity index (χ2n) is 4.05. The number of aromatic nitrogens is 1. The molecule has 1 aromatic heterocycles. The highest BCUT2D eigenvalue weighted by atomic mass is 35.5. The molecule has 0 saturated carbocycles.